The lowest BCUT2D eigenvalue weighted by molar-refractivity contribution is -0.124. The molecule has 4 heterocycles. The monoisotopic (exact) mass is 658 g/mol. The first kappa shape index (κ1) is 33.9. The minimum Gasteiger partial charge on any atom is -0.495 e. The molecule has 3 aliphatic rings. The van der Waals surface area contributed by atoms with Gasteiger partial charge in [0.2, 0.25) is 5.91 Å². The second-order valence-corrected chi connectivity index (χ2v) is 14.1. The molecule has 1 aliphatic heterocycles. The van der Waals surface area contributed by atoms with E-state index in [-0.39, 0.29) is 42.7 Å². The largest absolute Gasteiger partial charge is 0.495 e. The van der Waals surface area contributed by atoms with Crippen LogP contribution in [0.25, 0.3) is 11.1 Å². The molecule has 1 N–H and O–H groups in total. The molecular formula is C37H50N6O5. The van der Waals surface area contributed by atoms with Crippen LogP contribution in [0.4, 0.5) is 10.6 Å². The summed E-state index contributed by atoms with van der Waals surface area (Å²) in [4.78, 5) is 40.1. The number of carbonyl (C=O) groups is 2. The van der Waals surface area contributed by atoms with E-state index in [0.717, 1.165) is 60.4 Å². The smallest absolute Gasteiger partial charge is 0.410 e. The summed E-state index contributed by atoms with van der Waals surface area (Å²) in [6.07, 6.45) is 12.6. The van der Waals surface area contributed by atoms with Gasteiger partial charge in [-0.05, 0) is 114 Å². The van der Waals surface area contributed by atoms with E-state index in [1.54, 1.807) is 18.2 Å². The number of hydrogen-bond donors (Lipinski definition) is 1. The molecule has 2 aliphatic carbocycles. The van der Waals surface area contributed by atoms with E-state index < -0.39 is 0 Å². The summed E-state index contributed by atoms with van der Waals surface area (Å²) in [5.74, 6) is 2.17. The Morgan fingerprint density at radius 3 is 2.42 bits per heavy atom. The molecule has 258 valence electrons. The van der Waals surface area contributed by atoms with Gasteiger partial charge in [-0.2, -0.15) is 5.10 Å². The van der Waals surface area contributed by atoms with Gasteiger partial charge in [-0.3, -0.25) is 19.4 Å². The van der Waals surface area contributed by atoms with Gasteiger partial charge in [0, 0.05) is 54.6 Å². The lowest BCUT2D eigenvalue weighted by Gasteiger charge is -2.40. The number of anilines is 1. The van der Waals surface area contributed by atoms with Crippen LogP contribution in [0.3, 0.4) is 0 Å². The van der Waals surface area contributed by atoms with E-state index >= 15 is 0 Å². The summed E-state index contributed by atoms with van der Waals surface area (Å²) in [6.45, 7) is 7.39. The van der Waals surface area contributed by atoms with Gasteiger partial charge >= 0.3 is 6.09 Å². The normalized spacial score (nSPS) is 24.2. The molecule has 0 aromatic carbocycles. The standard InChI is InChI=1S/C37H50N6O5/c1-24(2)43-22-30(20-39-43)29-15-17-38-35(19-29)42(21-26-5-7-27(8-6-26)33-13-14-34(47-4)25(3)40-33)36(45)28-9-11-32(12-10-28)48-37(46)41-18-16-31(41)23-44/h13-15,17,19-20,22,24,26-28,31-32,44H,5-12,16,18,21,23H2,1-4H3/t26?,27?,28?,31-,32?/m1/s1. The number of aromatic nitrogens is 4. The van der Waals surface area contributed by atoms with Crippen molar-refractivity contribution in [3.05, 3.63) is 54.2 Å². The number of amides is 2. The maximum absolute atomic E-state index is 14.4. The maximum Gasteiger partial charge on any atom is 0.410 e. The van der Waals surface area contributed by atoms with Gasteiger partial charge in [0.15, 0.2) is 0 Å². The number of aryl methyl sites for hydroxylation is 1. The van der Waals surface area contributed by atoms with Gasteiger partial charge in [0.1, 0.15) is 17.7 Å². The van der Waals surface area contributed by atoms with Gasteiger partial charge in [0.05, 0.1) is 31.6 Å². The molecule has 1 atom stereocenters. The highest BCUT2D eigenvalue weighted by molar-refractivity contribution is 5.94. The number of aliphatic hydroxyl groups excluding tert-OH is 1. The zero-order valence-corrected chi connectivity index (χ0v) is 28.8. The molecule has 11 nitrogen and oxygen atoms in total. The van der Waals surface area contributed by atoms with Crippen molar-refractivity contribution in [1.29, 1.82) is 0 Å². The number of likely N-dealkylation sites (tertiary alicyclic amines) is 1. The van der Waals surface area contributed by atoms with Crippen LogP contribution in [0.5, 0.6) is 5.75 Å². The van der Waals surface area contributed by atoms with Crippen LogP contribution in [0, 0.1) is 18.8 Å². The molecule has 0 spiro atoms. The number of pyridine rings is 2. The van der Waals surface area contributed by atoms with Crippen LogP contribution in [0.2, 0.25) is 0 Å². The number of carbonyl (C=O) groups excluding carboxylic acids is 2. The Bertz CT molecular complexity index is 1560. The molecule has 6 rings (SSSR count). The van der Waals surface area contributed by atoms with Crippen LogP contribution in [0.1, 0.15) is 95.0 Å². The van der Waals surface area contributed by atoms with E-state index in [1.165, 1.54) is 0 Å². The van der Waals surface area contributed by atoms with E-state index in [0.29, 0.717) is 56.4 Å². The highest BCUT2D eigenvalue weighted by atomic mass is 16.6. The second-order valence-electron chi connectivity index (χ2n) is 14.1. The molecule has 0 radical (unpaired) electrons. The van der Waals surface area contributed by atoms with Crippen LogP contribution < -0.4 is 9.64 Å². The topological polar surface area (TPSA) is 123 Å². The maximum atomic E-state index is 14.4. The third-order valence-corrected chi connectivity index (χ3v) is 10.6. The zero-order chi connectivity index (χ0) is 33.8. The number of aliphatic hydroxyl groups is 1. The Labute approximate surface area is 283 Å². The van der Waals surface area contributed by atoms with Crippen molar-refractivity contribution in [2.24, 2.45) is 11.8 Å². The first-order valence-corrected chi connectivity index (χ1v) is 17.7. The molecule has 3 aromatic heterocycles. The summed E-state index contributed by atoms with van der Waals surface area (Å²) in [7, 11) is 1.67. The molecule has 11 heteroatoms. The molecule has 1 saturated heterocycles. The van der Waals surface area contributed by atoms with Crippen molar-refractivity contribution in [3.63, 3.8) is 0 Å². The summed E-state index contributed by atoms with van der Waals surface area (Å²) >= 11 is 0. The molecule has 48 heavy (non-hydrogen) atoms. The predicted octanol–water partition coefficient (Wildman–Crippen LogP) is 6.31. The third-order valence-electron chi connectivity index (χ3n) is 10.6. The van der Waals surface area contributed by atoms with Crippen molar-refractivity contribution >= 4 is 17.8 Å². The van der Waals surface area contributed by atoms with Gasteiger partial charge in [-0.1, -0.05) is 0 Å². The van der Waals surface area contributed by atoms with Crippen LogP contribution >= 0.6 is 0 Å². The second kappa shape index (κ2) is 15.1. The number of methoxy groups -OCH3 is 1. The number of nitrogens with zero attached hydrogens (tertiary/aromatic N) is 6. The Hall–Kier alpha value is -3.99. The fourth-order valence-electron chi connectivity index (χ4n) is 7.45. The minimum absolute atomic E-state index is 0.0405. The summed E-state index contributed by atoms with van der Waals surface area (Å²) in [6, 6.07) is 8.21. The first-order valence-electron chi connectivity index (χ1n) is 17.7. The van der Waals surface area contributed by atoms with Gasteiger partial charge < -0.3 is 19.5 Å². The average molecular weight is 659 g/mol. The first-order chi connectivity index (χ1) is 23.2. The molecule has 3 aromatic rings. The highest BCUT2D eigenvalue weighted by Gasteiger charge is 2.37. The van der Waals surface area contributed by atoms with Gasteiger partial charge in [-0.15, -0.1) is 0 Å². The van der Waals surface area contributed by atoms with Crippen molar-refractivity contribution in [1.82, 2.24) is 24.6 Å². The number of ether oxygens (including phenoxy) is 2. The van der Waals surface area contributed by atoms with E-state index in [1.807, 2.05) is 47.1 Å². The predicted molar refractivity (Wildman–Crippen MR) is 183 cm³/mol. The van der Waals surface area contributed by atoms with E-state index in [9.17, 15) is 14.7 Å². The van der Waals surface area contributed by atoms with Crippen molar-refractivity contribution in [2.45, 2.75) is 103 Å². The minimum atomic E-state index is -0.353. The third kappa shape index (κ3) is 7.51. The van der Waals surface area contributed by atoms with Crippen molar-refractivity contribution in [2.75, 3.05) is 31.7 Å². The fourth-order valence-corrected chi connectivity index (χ4v) is 7.45. The SMILES string of the molecule is COc1ccc(C2CCC(CN(C(=O)C3CCC(OC(=O)N4CC[C@@H]4CO)CC3)c3cc(-c4cnn(C(C)C)c4)ccn3)CC2)nc1C. The molecule has 0 unspecified atom stereocenters. The Kier molecular flexibility index (Phi) is 10.6. The van der Waals surface area contributed by atoms with E-state index in [4.69, 9.17) is 19.4 Å². The Morgan fingerprint density at radius 2 is 1.79 bits per heavy atom. The molecule has 0 bridgehead atoms. The number of rotatable bonds is 10. The Balaban J connectivity index is 1.15. The van der Waals surface area contributed by atoms with Gasteiger partial charge in [-0.25, -0.2) is 9.78 Å². The molecule has 2 saturated carbocycles. The summed E-state index contributed by atoms with van der Waals surface area (Å²) in [5, 5.41) is 14.0. The van der Waals surface area contributed by atoms with E-state index in [2.05, 4.69) is 25.0 Å². The molecule has 2 amide bonds. The number of hydrogen-bond acceptors (Lipinski definition) is 8. The lowest BCUT2D eigenvalue weighted by atomic mass is 9.79. The molecular weight excluding hydrogens is 608 g/mol. The lowest BCUT2D eigenvalue weighted by Crippen LogP contribution is -2.53. The van der Waals surface area contributed by atoms with Crippen LogP contribution in [-0.4, -0.2) is 80.7 Å². The fraction of sp³-hybridized carbons (Fsp3) is 0.595. The van der Waals surface area contributed by atoms with Crippen LogP contribution in [0.15, 0.2) is 42.9 Å². The average Bonchev–Trinajstić information content (AvgIpc) is 3.59. The highest BCUT2D eigenvalue weighted by Crippen LogP contribution is 2.38. The zero-order valence-electron chi connectivity index (χ0n) is 28.8. The quantitative estimate of drug-likeness (QED) is 0.269. The molecule has 3 fully saturated rings. The Morgan fingerprint density at radius 1 is 1.02 bits per heavy atom. The van der Waals surface area contributed by atoms with Gasteiger partial charge in [0.25, 0.3) is 0 Å². The summed E-state index contributed by atoms with van der Waals surface area (Å²) < 4.78 is 13.1. The van der Waals surface area contributed by atoms with Crippen molar-refractivity contribution < 1.29 is 24.2 Å². The van der Waals surface area contributed by atoms with Crippen LogP contribution in [-0.2, 0) is 9.53 Å². The summed E-state index contributed by atoms with van der Waals surface area (Å²) in [5.41, 5.74) is 4.01. The van der Waals surface area contributed by atoms with Crippen molar-refractivity contribution in [3.8, 4) is 16.9 Å².